The van der Waals surface area contributed by atoms with E-state index in [1.165, 1.54) is 0 Å². The minimum Gasteiger partial charge on any atom is -0.508 e. The van der Waals surface area contributed by atoms with Crippen LogP contribution in [-0.2, 0) is 6.61 Å². The van der Waals surface area contributed by atoms with Crippen LogP contribution in [0.25, 0.3) is 0 Å². The molecule has 2 aromatic rings. The molecule has 0 aliphatic heterocycles. The topological polar surface area (TPSA) is 60.7 Å². The number of phenolic OH excluding ortho intramolecular Hbond substituents is 1. The number of phenols is 1. The van der Waals surface area contributed by atoms with Crippen molar-refractivity contribution in [2.75, 3.05) is 6.61 Å². The van der Waals surface area contributed by atoms with Crippen LogP contribution in [0.4, 0.5) is 0 Å². The Bertz CT molecular complexity index is 523. The normalized spacial score (nSPS) is 12.3. The molecule has 2 rings (SSSR count). The van der Waals surface area contributed by atoms with Crippen LogP contribution in [0.3, 0.4) is 0 Å². The van der Waals surface area contributed by atoms with Gasteiger partial charge in [-0.15, -0.1) is 0 Å². The van der Waals surface area contributed by atoms with Gasteiger partial charge < -0.3 is 15.3 Å². The Morgan fingerprint density at radius 2 is 1.68 bits per heavy atom. The molecule has 0 aliphatic rings. The quantitative estimate of drug-likeness (QED) is 0.771. The monoisotopic (exact) mass is 258 g/mol. The van der Waals surface area contributed by atoms with Crippen molar-refractivity contribution in [3.05, 3.63) is 65.2 Å². The number of hydrogen-bond acceptors (Lipinski definition) is 3. The number of benzene rings is 2. The molecule has 0 saturated carbocycles. The van der Waals surface area contributed by atoms with Gasteiger partial charge in [-0.3, -0.25) is 0 Å². The van der Waals surface area contributed by atoms with E-state index in [1.807, 2.05) is 30.3 Å². The summed E-state index contributed by atoms with van der Waals surface area (Å²) in [5.74, 6) is 0.122. The van der Waals surface area contributed by atoms with Gasteiger partial charge in [0.2, 0.25) is 0 Å². The molecule has 3 nitrogen and oxygen atoms in total. The molecule has 3 N–H and O–H groups in total. The number of aliphatic hydroxyl groups excluding tert-OH is 2. The minimum absolute atomic E-state index is 0.0440. The second-order valence-electron chi connectivity index (χ2n) is 4.53. The van der Waals surface area contributed by atoms with Gasteiger partial charge in [-0.1, -0.05) is 36.4 Å². The number of aliphatic hydroxyl groups is 2. The summed E-state index contributed by atoms with van der Waals surface area (Å²) in [6.45, 7) is -0.0176. The van der Waals surface area contributed by atoms with Crippen molar-refractivity contribution < 1.29 is 15.3 Å². The molecule has 100 valence electrons. The molecule has 0 saturated heterocycles. The predicted octanol–water partition coefficient (Wildman–Crippen LogP) is 2.40. The SMILES string of the molecule is OCC[C@H](c1ccccc1)c1cc(CO)ccc1O. The van der Waals surface area contributed by atoms with Crippen molar-refractivity contribution in [1.29, 1.82) is 0 Å². The highest BCUT2D eigenvalue weighted by Gasteiger charge is 2.17. The highest BCUT2D eigenvalue weighted by molar-refractivity contribution is 5.43. The van der Waals surface area contributed by atoms with Crippen molar-refractivity contribution in [2.45, 2.75) is 18.9 Å². The molecule has 0 aromatic heterocycles. The molecule has 0 spiro atoms. The van der Waals surface area contributed by atoms with Crippen molar-refractivity contribution in [3.8, 4) is 5.75 Å². The van der Waals surface area contributed by atoms with E-state index in [-0.39, 0.29) is 24.9 Å². The summed E-state index contributed by atoms with van der Waals surface area (Å²) in [5.41, 5.74) is 2.54. The summed E-state index contributed by atoms with van der Waals surface area (Å²) in [6, 6.07) is 14.8. The van der Waals surface area contributed by atoms with E-state index in [0.29, 0.717) is 6.42 Å². The second-order valence-corrected chi connectivity index (χ2v) is 4.53. The Balaban J connectivity index is 2.44. The number of aromatic hydroxyl groups is 1. The zero-order valence-electron chi connectivity index (χ0n) is 10.7. The molecule has 0 unspecified atom stereocenters. The fourth-order valence-electron chi connectivity index (χ4n) is 2.30. The zero-order valence-corrected chi connectivity index (χ0v) is 10.7. The summed E-state index contributed by atoms with van der Waals surface area (Å²) >= 11 is 0. The molecule has 0 bridgehead atoms. The van der Waals surface area contributed by atoms with Crippen LogP contribution in [0.1, 0.15) is 29.0 Å². The second kappa shape index (κ2) is 6.36. The van der Waals surface area contributed by atoms with E-state index in [2.05, 4.69) is 0 Å². The molecule has 0 heterocycles. The molecule has 1 atom stereocenters. The lowest BCUT2D eigenvalue weighted by molar-refractivity contribution is 0.278. The van der Waals surface area contributed by atoms with Crippen molar-refractivity contribution in [1.82, 2.24) is 0 Å². The number of rotatable bonds is 5. The lowest BCUT2D eigenvalue weighted by Gasteiger charge is -2.19. The Hall–Kier alpha value is -1.84. The maximum absolute atomic E-state index is 10.0. The minimum atomic E-state index is -0.0716. The van der Waals surface area contributed by atoms with Gasteiger partial charge in [0.1, 0.15) is 5.75 Å². The fraction of sp³-hybridized carbons (Fsp3) is 0.250. The van der Waals surface area contributed by atoms with Crippen molar-refractivity contribution in [3.63, 3.8) is 0 Å². The van der Waals surface area contributed by atoms with Crippen LogP contribution in [0.2, 0.25) is 0 Å². The number of hydrogen-bond donors (Lipinski definition) is 3. The van der Waals surface area contributed by atoms with Crippen LogP contribution < -0.4 is 0 Å². The van der Waals surface area contributed by atoms with Gasteiger partial charge >= 0.3 is 0 Å². The first kappa shape index (κ1) is 13.6. The molecule has 2 aromatic carbocycles. The van der Waals surface area contributed by atoms with Gasteiger partial charge in [-0.25, -0.2) is 0 Å². The van der Waals surface area contributed by atoms with E-state index in [9.17, 15) is 15.3 Å². The van der Waals surface area contributed by atoms with Crippen LogP contribution >= 0.6 is 0 Å². The molecule has 0 aliphatic carbocycles. The first-order valence-electron chi connectivity index (χ1n) is 6.34. The van der Waals surface area contributed by atoms with E-state index in [4.69, 9.17) is 0 Å². The molecule has 3 heteroatoms. The van der Waals surface area contributed by atoms with Crippen LogP contribution in [-0.4, -0.2) is 21.9 Å². The molecular weight excluding hydrogens is 240 g/mol. The summed E-state index contributed by atoms with van der Waals surface area (Å²) in [7, 11) is 0. The predicted molar refractivity (Wildman–Crippen MR) is 74.0 cm³/mol. The molecule has 0 fully saturated rings. The highest BCUT2D eigenvalue weighted by atomic mass is 16.3. The fourth-order valence-corrected chi connectivity index (χ4v) is 2.30. The van der Waals surface area contributed by atoms with Gasteiger partial charge in [0.25, 0.3) is 0 Å². The average Bonchev–Trinajstić information content (AvgIpc) is 2.47. The maximum atomic E-state index is 10.0. The molecule has 19 heavy (non-hydrogen) atoms. The first-order valence-corrected chi connectivity index (χ1v) is 6.34. The summed E-state index contributed by atoms with van der Waals surface area (Å²) in [6.07, 6.45) is 0.534. The van der Waals surface area contributed by atoms with E-state index in [1.54, 1.807) is 18.2 Å². The van der Waals surface area contributed by atoms with E-state index < -0.39 is 0 Å². The first-order chi connectivity index (χ1) is 9.26. The maximum Gasteiger partial charge on any atom is 0.119 e. The third-order valence-corrected chi connectivity index (χ3v) is 3.27. The van der Waals surface area contributed by atoms with Crippen molar-refractivity contribution in [2.24, 2.45) is 0 Å². The molecule has 0 amide bonds. The van der Waals surface area contributed by atoms with Gasteiger partial charge in [0.15, 0.2) is 0 Å². The summed E-state index contributed by atoms with van der Waals surface area (Å²) < 4.78 is 0. The van der Waals surface area contributed by atoms with Crippen LogP contribution in [0, 0.1) is 0 Å². The summed E-state index contributed by atoms with van der Waals surface area (Å²) in [5, 5.41) is 28.5. The van der Waals surface area contributed by atoms with Gasteiger partial charge in [0, 0.05) is 18.1 Å². The smallest absolute Gasteiger partial charge is 0.119 e. The Morgan fingerprint density at radius 1 is 0.947 bits per heavy atom. The molecular formula is C16H18O3. The zero-order chi connectivity index (χ0) is 13.7. The Morgan fingerprint density at radius 3 is 2.32 bits per heavy atom. The summed E-state index contributed by atoms with van der Waals surface area (Å²) in [4.78, 5) is 0. The largest absolute Gasteiger partial charge is 0.508 e. The van der Waals surface area contributed by atoms with Crippen LogP contribution in [0.15, 0.2) is 48.5 Å². The lowest BCUT2D eigenvalue weighted by Crippen LogP contribution is -2.05. The van der Waals surface area contributed by atoms with E-state index in [0.717, 1.165) is 16.7 Å². The Labute approximate surface area is 112 Å². The Kier molecular flexibility index (Phi) is 4.55. The lowest BCUT2D eigenvalue weighted by atomic mass is 9.87. The third-order valence-electron chi connectivity index (χ3n) is 3.27. The van der Waals surface area contributed by atoms with Gasteiger partial charge in [-0.05, 0) is 29.7 Å². The van der Waals surface area contributed by atoms with Gasteiger partial charge in [0.05, 0.1) is 6.61 Å². The van der Waals surface area contributed by atoms with Crippen molar-refractivity contribution >= 4 is 0 Å². The van der Waals surface area contributed by atoms with Gasteiger partial charge in [-0.2, -0.15) is 0 Å². The third kappa shape index (κ3) is 3.13. The van der Waals surface area contributed by atoms with Crippen LogP contribution in [0.5, 0.6) is 5.75 Å². The highest BCUT2D eigenvalue weighted by Crippen LogP contribution is 2.34. The molecule has 0 radical (unpaired) electrons. The average molecular weight is 258 g/mol. The van der Waals surface area contributed by atoms with E-state index >= 15 is 0 Å². The standard InChI is InChI=1S/C16H18O3/c17-9-8-14(13-4-2-1-3-5-13)15-10-12(11-18)6-7-16(15)19/h1-7,10,14,17-19H,8-9,11H2/t14-/m1/s1.